The average Bonchev–Trinajstić information content (AvgIpc) is 3.37. The van der Waals surface area contributed by atoms with Crippen LogP contribution in [0.4, 0.5) is 5.13 Å². The molecule has 3 aromatic carbocycles. The number of nitrogens with zero attached hydrogens (tertiary/aromatic N) is 2. The maximum atomic E-state index is 6.10. The molecule has 1 heterocycles. The largest absolute Gasteiger partial charge is 0.487 e. The highest BCUT2D eigenvalue weighted by Gasteiger charge is 2.15. The number of ether oxygens (including phenoxy) is 1. The number of hydrogen-bond donors (Lipinski definition) is 0. The Morgan fingerprint density at radius 1 is 0.943 bits per heavy atom. The molecule has 178 valence electrons. The zero-order valence-electron chi connectivity index (χ0n) is 19.3. The van der Waals surface area contributed by atoms with Gasteiger partial charge in [-0.15, -0.1) is 11.3 Å². The zero-order valence-corrected chi connectivity index (χ0v) is 24.4. The quantitative estimate of drug-likeness (QED) is 0.142. The van der Waals surface area contributed by atoms with Crippen molar-refractivity contribution in [3.05, 3.63) is 95.9 Å². The Hall–Kier alpha value is -1.78. The van der Waals surface area contributed by atoms with Crippen molar-refractivity contribution in [3.8, 4) is 17.0 Å². The summed E-state index contributed by atoms with van der Waals surface area (Å²) in [6, 6.07) is 23.5. The van der Waals surface area contributed by atoms with Crippen molar-refractivity contribution in [1.82, 2.24) is 4.98 Å². The van der Waals surface area contributed by atoms with Gasteiger partial charge in [0, 0.05) is 17.2 Å². The zero-order chi connectivity index (χ0) is 24.0. The van der Waals surface area contributed by atoms with Crippen molar-refractivity contribution in [3.63, 3.8) is 0 Å². The summed E-state index contributed by atoms with van der Waals surface area (Å²) in [5.74, 6) is 1.65. The molecule has 0 unspecified atom stereocenters. The van der Waals surface area contributed by atoms with Crippen LogP contribution in [0, 0.1) is 7.14 Å². The molecule has 0 atom stereocenters. The molecule has 0 N–H and O–H groups in total. The minimum absolute atomic E-state index is 0.559. The predicted molar refractivity (Wildman–Crippen MR) is 163 cm³/mol. The second-order valence-corrected chi connectivity index (χ2v) is 12.0. The van der Waals surface area contributed by atoms with Gasteiger partial charge in [-0.05, 0) is 92.8 Å². The fourth-order valence-corrected chi connectivity index (χ4v) is 7.27. The van der Waals surface area contributed by atoms with Gasteiger partial charge in [0.05, 0.1) is 12.8 Å². The van der Waals surface area contributed by atoms with Gasteiger partial charge in [-0.1, -0.05) is 73.9 Å². The van der Waals surface area contributed by atoms with E-state index in [-0.39, 0.29) is 0 Å². The Morgan fingerprint density at radius 3 is 2.37 bits per heavy atom. The maximum Gasteiger partial charge on any atom is 0.209 e. The van der Waals surface area contributed by atoms with Crippen molar-refractivity contribution >= 4 is 67.9 Å². The Kier molecular flexibility index (Phi) is 8.51. The molecule has 0 bridgehead atoms. The third-order valence-electron chi connectivity index (χ3n) is 6.35. The summed E-state index contributed by atoms with van der Waals surface area (Å²) >= 11 is 6.24. The van der Waals surface area contributed by atoms with Crippen LogP contribution in [-0.2, 0) is 6.61 Å². The SMILES string of the molecule is Ic1cc(C=Nc2nc(-c3ccc(C4CCCCC4)cc3)cs2)cc(I)c1OCc1ccccc1. The summed E-state index contributed by atoms with van der Waals surface area (Å²) in [5.41, 5.74) is 5.83. The van der Waals surface area contributed by atoms with E-state index in [4.69, 9.17) is 9.72 Å². The molecule has 0 spiro atoms. The molecule has 1 aliphatic carbocycles. The molecule has 1 aliphatic rings. The molecule has 1 saturated carbocycles. The van der Waals surface area contributed by atoms with Crippen LogP contribution in [0.15, 0.2) is 77.1 Å². The lowest BCUT2D eigenvalue weighted by atomic mass is 9.84. The van der Waals surface area contributed by atoms with Crippen LogP contribution in [-0.4, -0.2) is 11.2 Å². The van der Waals surface area contributed by atoms with Crippen molar-refractivity contribution in [2.75, 3.05) is 0 Å². The number of hydrogen-bond acceptors (Lipinski definition) is 4. The smallest absolute Gasteiger partial charge is 0.209 e. The molecule has 0 amide bonds. The van der Waals surface area contributed by atoms with Crippen molar-refractivity contribution < 1.29 is 4.74 Å². The summed E-state index contributed by atoms with van der Waals surface area (Å²) in [6.45, 7) is 0.559. The molecule has 1 aromatic heterocycles. The topological polar surface area (TPSA) is 34.5 Å². The number of halogens is 2. The van der Waals surface area contributed by atoms with Gasteiger partial charge in [0.2, 0.25) is 5.13 Å². The lowest BCUT2D eigenvalue weighted by molar-refractivity contribution is 0.302. The molecule has 35 heavy (non-hydrogen) atoms. The molecule has 0 aliphatic heterocycles. The Balaban J connectivity index is 1.24. The molecule has 4 aromatic rings. The van der Waals surface area contributed by atoms with E-state index in [0.29, 0.717) is 6.61 Å². The lowest BCUT2D eigenvalue weighted by Crippen LogP contribution is -2.04. The highest BCUT2D eigenvalue weighted by molar-refractivity contribution is 14.1. The number of rotatable bonds is 7. The van der Waals surface area contributed by atoms with E-state index >= 15 is 0 Å². The summed E-state index contributed by atoms with van der Waals surface area (Å²) < 4.78 is 8.25. The number of thiazole rings is 1. The van der Waals surface area contributed by atoms with Gasteiger partial charge in [-0.2, -0.15) is 0 Å². The number of aliphatic imine (C=N–C) groups is 1. The monoisotopic (exact) mass is 704 g/mol. The molecular weight excluding hydrogens is 678 g/mol. The third-order valence-corrected chi connectivity index (χ3v) is 8.70. The van der Waals surface area contributed by atoms with Gasteiger partial charge in [0.1, 0.15) is 12.4 Å². The first-order valence-corrected chi connectivity index (χ1v) is 14.9. The molecule has 3 nitrogen and oxygen atoms in total. The molecule has 6 heteroatoms. The molecule has 5 rings (SSSR count). The first-order chi connectivity index (χ1) is 17.2. The minimum Gasteiger partial charge on any atom is -0.487 e. The lowest BCUT2D eigenvalue weighted by Gasteiger charge is -2.22. The predicted octanol–water partition coefficient (Wildman–Crippen LogP) is 9.40. The second-order valence-electron chi connectivity index (χ2n) is 8.82. The summed E-state index contributed by atoms with van der Waals surface area (Å²) in [6.07, 6.45) is 8.66. The van der Waals surface area contributed by atoms with Crippen LogP contribution in [0.2, 0.25) is 0 Å². The molecule has 0 saturated heterocycles. The first kappa shape index (κ1) is 24.9. The molecular formula is C29H26I2N2OS. The van der Waals surface area contributed by atoms with Crippen molar-refractivity contribution in [2.45, 2.75) is 44.6 Å². The number of benzene rings is 3. The summed E-state index contributed by atoms with van der Waals surface area (Å²) in [7, 11) is 0. The van der Waals surface area contributed by atoms with Crippen LogP contribution in [0.5, 0.6) is 5.75 Å². The van der Waals surface area contributed by atoms with Crippen LogP contribution >= 0.6 is 56.5 Å². The third kappa shape index (κ3) is 6.51. The van der Waals surface area contributed by atoms with Gasteiger partial charge in [-0.3, -0.25) is 0 Å². The summed E-state index contributed by atoms with van der Waals surface area (Å²) in [5, 5.41) is 2.86. The van der Waals surface area contributed by atoms with Crippen LogP contribution in [0.25, 0.3) is 11.3 Å². The Morgan fingerprint density at radius 2 is 1.66 bits per heavy atom. The van der Waals surface area contributed by atoms with E-state index in [1.807, 2.05) is 24.4 Å². The fraction of sp³-hybridized carbons (Fsp3) is 0.241. The van der Waals surface area contributed by atoms with E-state index < -0.39 is 0 Å². The second kappa shape index (κ2) is 12.0. The van der Waals surface area contributed by atoms with E-state index in [1.165, 1.54) is 37.7 Å². The Bertz CT molecular complexity index is 1270. The van der Waals surface area contributed by atoms with Crippen LogP contribution in [0.3, 0.4) is 0 Å². The summed E-state index contributed by atoms with van der Waals surface area (Å²) in [4.78, 5) is 9.41. The van der Waals surface area contributed by atoms with E-state index in [9.17, 15) is 0 Å². The van der Waals surface area contributed by atoms with E-state index in [0.717, 1.165) is 46.3 Å². The maximum absolute atomic E-state index is 6.10. The highest BCUT2D eigenvalue weighted by Crippen LogP contribution is 2.34. The van der Waals surface area contributed by atoms with Gasteiger partial charge in [0.25, 0.3) is 0 Å². The van der Waals surface area contributed by atoms with Gasteiger partial charge < -0.3 is 4.74 Å². The standard InChI is InChI=1S/C29H26I2N2OS/c30-25-15-21(16-26(31)28(25)34-18-20-7-3-1-4-8-20)17-32-29-33-27(19-35-29)24-13-11-23(12-14-24)22-9-5-2-6-10-22/h1,3-4,7-8,11-17,19,22H,2,5-6,9-10,18H2. The average molecular weight is 704 g/mol. The minimum atomic E-state index is 0.559. The van der Waals surface area contributed by atoms with Gasteiger partial charge in [-0.25, -0.2) is 9.98 Å². The molecule has 0 radical (unpaired) electrons. The van der Waals surface area contributed by atoms with Gasteiger partial charge >= 0.3 is 0 Å². The first-order valence-electron chi connectivity index (χ1n) is 11.9. The van der Waals surface area contributed by atoms with Crippen LogP contribution in [0.1, 0.15) is 54.7 Å². The normalized spacial score (nSPS) is 14.5. The van der Waals surface area contributed by atoms with Crippen molar-refractivity contribution in [2.24, 2.45) is 4.99 Å². The fourth-order valence-electron chi connectivity index (χ4n) is 4.47. The van der Waals surface area contributed by atoms with E-state index in [2.05, 4.69) is 104 Å². The van der Waals surface area contributed by atoms with E-state index in [1.54, 1.807) is 11.3 Å². The van der Waals surface area contributed by atoms with Crippen LogP contribution < -0.4 is 4.74 Å². The highest BCUT2D eigenvalue weighted by atomic mass is 127. The van der Waals surface area contributed by atoms with Gasteiger partial charge in [0.15, 0.2) is 0 Å². The number of aromatic nitrogens is 1. The molecule has 1 fully saturated rings. The Labute approximate surface area is 238 Å². The van der Waals surface area contributed by atoms with Crippen molar-refractivity contribution in [1.29, 1.82) is 0 Å².